The first-order valence-corrected chi connectivity index (χ1v) is 8.32. The van der Waals surface area contributed by atoms with Crippen LogP contribution in [0.25, 0.3) is 0 Å². The van der Waals surface area contributed by atoms with E-state index in [0.717, 1.165) is 18.9 Å². The van der Waals surface area contributed by atoms with Gasteiger partial charge in [-0.1, -0.05) is 40.0 Å². The first kappa shape index (κ1) is 18.1. The summed E-state index contributed by atoms with van der Waals surface area (Å²) in [6, 6.07) is 3.33. The summed E-state index contributed by atoms with van der Waals surface area (Å²) >= 11 is 0. The monoisotopic (exact) mass is 324 g/mol. The first-order valence-electron chi connectivity index (χ1n) is 8.32. The van der Waals surface area contributed by atoms with Gasteiger partial charge in [-0.25, -0.2) is 8.78 Å². The van der Waals surface area contributed by atoms with E-state index in [4.69, 9.17) is 4.74 Å². The van der Waals surface area contributed by atoms with Gasteiger partial charge in [-0.05, 0) is 35.4 Å². The molecular weight excluding hydrogens is 298 g/mol. The van der Waals surface area contributed by atoms with Gasteiger partial charge in [0.2, 0.25) is 0 Å². The molecule has 0 bridgehead atoms. The molecule has 1 aromatic rings. The van der Waals surface area contributed by atoms with E-state index in [2.05, 4.69) is 0 Å². The van der Waals surface area contributed by atoms with Gasteiger partial charge in [0, 0.05) is 12.5 Å². The fourth-order valence-electron chi connectivity index (χ4n) is 2.85. The minimum absolute atomic E-state index is 0.0575. The fourth-order valence-corrected chi connectivity index (χ4v) is 2.85. The lowest BCUT2D eigenvalue weighted by Gasteiger charge is -2.30. The van der Waals surface area contributed by atoms with Crippen LogP contribution in [0.4, 0.5) is 8.78 Å². The number of carbonyl (C=O) groups is 1. The molecule has 0 N–H and O–H groups in total. The average molecular weight is 324 g/mol. The number of hydrogen-bond donors (Lipinski definition) is 0. The Balaban J connectivity index is 1.99. The standard InChI is InChI=1S/C19H26F2O2/c1-19(2,3)11-17(22)18(9-13-5-4-6-13)23-12-14-7-15(20)10-16(21)8-14/h7-8,10,13,18H,4-6,9,11-12H2,1-3H3. The third-order valence-corrected chi connectivity index (χ3v) is 4.21. The van der Waals surface area contributed by atoms with Gasteiger partial charge in [0.1, 0.15) is 17.7 Å². The quantitative estimate of drug-likeness (QED) is 0.702. The van der Waals surface area contributed by atoms with Gasteiger partial charge in [-0.3, -0.25) is 4.79 Å². The Morgan fingerprint density at radius 3 is 2.30 bits per heavy atom. The Bertz CT molecular complexity index is 525. The molecule has 1 aromatic carbocycles. The van der Waals surface area contributed by atoms with E-state index in [9.17, 15) is 13.6 Å². The lowest BCUT2D eigenvalue weighted by Crippen LogP contribution is -2.31. The van der Waals surface area contributed by atoms with Crippen LogP contribution in [0.2, 0.25) is 0 Å². The summed E-state index contributed by atoms with van der Waals surface area (Å²) in [5, 5.41) is 0. The van der Waals surface area contributed by atoms with Gasteiger partial charge in [-0.15, -0.1) is 0 Å². The van der Waals surface area contributed by atoms with Crippen molar-refractivity contribution in [1.29, 1.82) is 0 Å². The minimum atomic E-state index is -0.625. The van der Waals surface area contributed by atoms with Crippen molar-refractivity contribution < 1.29 is 18.3 Å². The molecule has 0 spiro atoms. The van der Waals surface area contributed by atoms with Crippen LogP contribution in [0.1, 0.15) is 58.4 Å². The molecule has 1 aliphatic rings. The molecule has 1 atom stereocenters. The van der Waals surface area contributed by atoms with Crippen LogP contribution in [0.5, 0.6) is 0 Å². The van der Waals surface area contributed by atoms with Crippen molar-refractivity contribution in [2.75, 3.05) is 0 Å². The van der Waals surface area contributed by atoms with E-state index in [0.29, 0.717) is 24.3 Å². The van der Waals surface area contributed by atoms with Crippen LogP contribution in [0.15, 0.2) is 18.2 Å². The lowest BCUT2D eigenvalue weighted by molar-refractivity contribution is -0.135. The number of benzene rings is 1. The molecule has 0 heterocycles. The molecule has 1 unspecified atom stereocenters. The molecule has 0 saturated heterocycles. The second-order valence-corrected chi connectivity index (χ2v) is 7.81. The van der Waals surface area contributed by atoms with E-state index < -0.39 is 17.7 Å². The largest absolute Gasteiger partial charge is 0.366 e. The summed E-state index contributed by atoms with van der Waals surface area (Å²) in [5.41, 5.74) is 0.327. The first-order chi connectivity index (χ1) is 10.7. The Kier molecular flexibility index (Phi) is 5.90. The van der Waals surface area contributed by atoms with Crippen LogP contribution in [-0.2, 0) is 16.1 Å². The average Bonchev–Trinajstić information content (AvgIpc) is 2.33. The topological polar surface area (TPSA) is 26.3 Å². The summed E-state index contributed by atoms with van der Waals surface area (Å²) in [6.45, 7) is 6.12. The van der Waals surface area contributed by atoms with Crippen molar-refractivity contribution in [3.05, 3.63) is 35.4 Å². The predicted octanol–water partition coefficient (Wildman–Crippen LogP) is 5.05. The zero-order valence-corrected chi connectivity index (χ0v) is 14.2. The second-order valence-electron chi connectivity index (χ2n) is 7.81. The van der Waals surface area contributed by atoms with Gasteiger partial charge in [-0.2, -0.15) is 0 Å². The maximum Gasteiger partial charge on any atom is 0.162 e. The molecule has 2 nitrogen and oxygen atoms in total. The number of carbonyl (C=O) groups excluding carboxylic acids is 1. The molecule has 128 valence electrons. The molecule has 1 aliphatic carbocycles. The van der Waals surface area contributed by atoms with Gasteiger partial charge in [0.15, 0.2) is 5.78 Å². The SMILES string of the molecule is CC(C)(C)CC(=O)C(CC1CCC1)OCc1cc(F)cc(F)c1. The van der Waals surface area contributed by atoms with Crippen LogP contribution in [0.3, 0.4) is 0 Å². The molecule has 2 rings (SSSR count). The van der Waals surface area contributed by atoms with Crippen molar-refractivity contribution in [2.45, 2.75) is 65.6 Å². The van der Waals surface area contributed by atoms with Gasteiger partial charge >= 0.3 is 0 Å². The fraction of sp³-hybridized carbons (Fsp3) is 0.632. The van der Waals surface area contributed by atoms with Crippen molar-refractivity contribution in [3.8, 4) is 0 Å². The molecule has 4 heteroatoms. The normalized spacial score (nSPS) is 16.9. The third kappa shape index (κ3) is 6.02. The van der Waals surface area contributed by atoms with Crippen LogP contribution >= 0.6 is 0 Å². The second kappa shape index (κ2) is 7.52. The summed E-state index contributed by atoms with van der Waals surface area (Å²) in [5.74, 6) is -0.630. The lowest BCUT2D eigenvalue weighted by atomic mass is 9.79. The Morgan fingerprint density at radius 1 is 1.22 bits per heavy atom. The highest BCUT2D eigenvalue weighted by Gasteiger charge is 2.29. The van der Waals surface area contributed by atoms with Crippen molar-refractivity contribution in [3.63, 3.8) is 0 Å². The molecular formula is C19H26F2O2. The number of ketones is 1. The van der Waals surface area contributed by atoms with E-state index in [1.54, 1.807) is 0 Å². The van der Waals surface area contributed by atoms with Crippen molar-refractivity contribution in [1.82, 2.24) is 0 Å². The zero-order valence-electron chi connectivity index (χ0n) is 14.2. The number of Topliss-reactive ketones (excluding diaryl/α,β-unsaturated/α-hetero) is 1. The summed E-state index contributed by atoms with van der Waals surface area (Å²) < 4.78 is 32.3. The van der Waals surface area contributed by atoms with E-state index in [1.807, 2.05) is 20.8 Å². The highest BCUT2D eigenvalue weighted by atomic mass is 19.1. The summed E-state index contributed by atoms with van der Waals surface area (Å²) in [6.07, 6.45) is 4.16. The molecule has 1 fully saturated rings. The van der Waals surface area contributed by atoms with E-state index in [-0.39, 0.29) is 17.8 Å². The van der Waals surface area contributed by atoms with Crippen molar-refractivity contribution in [2.24, 2.45) is 11.3 Å². The maximum absolute atomic E-state index is 13.2. The molecule has 0 amide bonds. The Hall–Kier alpha value is -1.29. The van der Waals surface area contributed by atoms with Gasteiger partial charge in [0.05, 0.1) is 6.61 Å². The number of ether oxygens (including phenoxy) is 1. The van der Waals surface area contributed by atoms with Crippen LogP contribution < -0.4 is 0 Å². The Labute approximate surface area is 137 Å². The van der Waals surface area contributed by atoms with Crippen LogP contribution in [-0.4, -0.2) is 11.9 Å². The molecule has 0 radical (unpaired) electrons. The zero-order chi connectivity index (χ0) is 17.0. The number of halogens is 2. The van der Waals surface area contributed by atoms with Gasteiger partial charge < -0.3 is 4.74 Å². The predicted molar refractivity (Wildman–Crippen MR) is 86.0 cm³/mol. The number of rotatable bonds is 7. The third-order valence-electron chi connectivity index (χ3n) is 4.21. The molecule has 1 saturated carbocycles. The molecule has 0 aliphatic heterocycles. The smallest absolute Gasteiger partial charge is 0.162 e. The highest BCUT2D eigenvalue weighted by molar-refractivity contribution is 5.83. The highest BCUT2D eigenvalue weighted by Crippen LogP contribution is 2.33. The molecule has 23 heavy (non-hydrogen) atoms. The minimum Gasteiger partial charge on any atom is -0.366 e. The summed E-state index contributed by atoms with van der Waals surface area (Å²) in [7, 11) is 0. The molecule has 0 aromatic heterocycles. The summed E-state index contributed by atoms with van der Waals surface area (Å²) in [4.78, 5) is 12.5. The van der Waals surface area contributed by atoms with Crippen molar-refractivity contribution >= 4 is 5.78 Å². The van der Waals surface area contributed by atoms with Crippen LogP contribution in [0, 0.1) is 23.0 Å². The van der Waals surface area contributed by atoms with Gasteiger partial charge in [0.25, 0.3) is 0 Å². The Morgan fingerprint density at radius 2 is 1.83 bits per heavy atom. The number of hydrogen-bond acceptors (Lipinski definition) is 2. The maximum atomic E-state index is 13.2. The van der Waals surface area contributed by atoms with E-state index in [1.165, 1.54) is 18.6 Å². The van der Waals surface area contributed by atoms with E-state index >= 15 is 0 Å².